The molecule has 0 aromatic heterocycles. The lowest BCUT2D eigenvalue weighted by molar-refractivity contribution is -0.138. The van der Waals surface area contributed by atoms with Crippen LogP contribution in [0.25, 0.3) is 0 Å². The highest BCUT2D eigenvalue weighted by Crippen LogP contribution is 2.26. The van der Waals surface area contributed by atoms with Crippen LogP contribution in [0, 0.1) is 11.8 Å². The standard InChI is InChI=1S/C13H25NO3/c1-11(9-13(15)16)12-5-3-6-14(10-12)7-4-8-17-2/h11-12H,3-10H2,1-2H3,(H,15,16). The molecule has 2 atom stereocenters. The number of hydrogen-bond acceptors (Lipinski definition) is 3. The maximum absolute atomic E-state index is 10.7. The van der Waals surface area contributed by atoms with E-state index in [1.807, 2.05) is 0 Å². The molecule has 1 aliphatic heterocycles. The lowest BCUT2D eigenvalue weighted by Crippen LogP contribution is -2.39. The van der Waals surface area contributed by atoms with Gasteiger partial charge in [-0.05, 0) is 37.6 Å². The Kier molecular flexibility index (Phi) is 6.52. The highest BCUT2D eigenvalue weighted by Gasteiger charge is 2.25. The fraction of sp³-hybridized carbons (Fsp3) is 0.923. The quantitative estimate of drug-likeness (QED) is 0.693. The molecule has 4 nitrogen and oxygen atoms in total. The molecule has 2 unspecified atom stereocenters. The summed E-state index contributed by atoms with van der Waals surface area (Å²) in [5.74, 6) is 0.161. The van der Waals surface area contributed by atoms with Crippen molar-refractivity contribution in [2.75, 3.05) is 33.4 Å². The van der Waals surface area contributed by atoms with E-state index < -0.39 is 5.97 Å². The maximum Gasteiger partial charge on any atom is 0.303 e. The van der Waals surface area contributed by atoms with Gasteiger partial charge in [0, 0.05) is 33.2 Å². The smallest absolute Gasteiger partial charge is 0.303 e. The van der Waals surface area contributed by atoms with Gasteiger partial charge in [-0.15, -0.1) is 0 Å². The third kappa shape index (κ3) is 5.50. The number of piperidine rings is 1. The molecule has 0 aromatic carbocycles. The van der Waals surface area contributed by atoms with Gasteiger partial charge in [-0.2, -0.15) is 0 Å². The summed E-state index contributed by atoms with van der Waals surface area (Å²) in [5.41, 5.74) is 0. The van der Waals surface area contributed by atoms with Crippen LogP contribution >= 0.6 is 0 Å². The molecule has 1 fully saturated rings. The van der Waals surface area contributed by atoms with Crippen LogP contribution < -0.4 is 0 Å². The monoisotopic (exact) mass is 243 g/mol. The molecule has 0 aromatic rings. The summed E-state index contributed by atoms with van der Waals surface area (Å²) in [7, 11) is 1.73. The van der Waals surface area contributed by atoms with Crippen molar-refractivity contribution in [1.82, 2.24) is 4.90 Å². The first-order valence-corrected chi connectivity index (χ1v) is 6.56. The Balaban J connectivity index is 2.29. The molecule has 0 spiro atoms. The van der Waals surface area contributed by atoms with Gasteiger partial charge < -0.3 is 14.7 Å². The van der Waals surface area contributed by atoms with Gasteiger partial charge in [0.25, 0.3) is 0 Å². The summed E-state index contributed by atoms with van der Waals surface area (Å²) in [6.07, 6.45) is 3.74. The molecular formula is C13H25NO3. The van der Waals surface area contributed by atoms with E-state index in [9.17, 15) is 4.79 Å². The van der Waals surface area contributed by atoms with Crippen molar-refractivity contribution in [2.45, 2.75) is 32.6 Å². The first kappa shape index (κ1) is 14.5. The Morgan fingerprint density at radius 2 is 2.35 bits per heavy atom. The zero-order valence-corrected chi connectivity index (χ0v) is 11.0. The van der Waals surface area contributed by atoms with Crippen LogP contribution in [-0.2, 0) is 9.53 Å². The first-order chi connectivity index (χ1) is 8.13. The second-order valence-corrected chi connectivity index (χ2v) is 5.12. The van der Waals surface area contributed by atoms with Gasteiger partial charge in [-0.3, -0.25) is 4.79 Å². The Morgan fingerprint density at radius 3 is 3.00 bits per heavy atom. The van der Waals surface area contributed by atoms with E-state index >= 15 is 0 Å². The van der Waals surface area contributed by atoms with Gasteiger partial charge in [0.1, 0.15) is 0 Å². The Bertz CT molecular complexity index is 233. The van der Waals surface area contributed by atoms with Crippen LogP contribution in [0.2, 0.25) is 0 Å². The Morgan fingerprint density at radius 1 is 1.59 bits per heavy atom. The van der Waals surface area contributed by atoms with E-state index in [2.05, 4.69) is 11.8 Å². The van der Waals surface area contributed by atoms with Crippen LogP contribution in [0.1, 0.15) is 32.6 Å². The fourth-order valence-electron chi connectivity index (χ4n) is 2.63. The summed E-state index contributed by atoms with van der Waals surface area (Å²) in [4.78, 5) is 13.2. The molecule has 17 heavy (non-hydrogen) atoms. The molecule has 0 aliphatic carbocycles. The molecule has 0 radical (unpaired) electrons. The van der Waals surface area contributed by atoms with Gasteiger partial charge in [0.15, 0.2) is 0 Å². The predicted octanol–water partition coefficient (Wildman–Crippen LogP) is 1.85. The molecule has 4 heteroatoms. The number of carboxylic acid groups (broad SMARTS) is 1. The third-order valence-electron chi connectivity index (χ3n) is 3.67. The van der Waals surface area contributed by atoms with Gasteiger partial charge >= 0.3 is 5.97 Å². The number of methoxy groups -OCH3 is 1. The summed E-state index contributed by atoms with van der Waals surface area (Å²) < 4.78 is 5.06. The second-order valence-electron chi connectivity index (χ2n) is 5.12. The van der Waals surface area contributed by atoms with Gasteiger partial charge in [0.2, 0.25) is 0 Å². The first-order valence-electron chi connectivity index (χ1n) is 6.56. The van der Waals surface area contributed by atoms with Crippen LogP contribution in [0.15, 0.2) is 0 Å². The van der Waals surface area contributed by atoms with Gasteiger partial charge in [-0.1, -0.05) is 6.92 Å². The number of carboxylic acids is 1. The topological polar surface area (TPSA) is 49.8 Å². The average Bonchev–Trinajstić information content (AvgIpc) is 2.29. The molecule has 0 amide bonds. The van der Waals surface area contributed by atoms with E-state index in [4.69, 9.17) is 9.84 Å². The number of rotatable bonds is 7. The average molecular weight is 243 g/mol. The summed E-state index contributed by atoms with van der Waals surface area (Å²) in [6.45, 7) is 6.16. The number of carbonyl (C=O) groups is 1. The van der Waals surface area contributed by atoms with Crippen molar-refractivity contribution in [3.8, 4) is 0 Å². The number of hydrogen-bond donors (Lipinski definition) is 1. The highest BCUT2D eigenvalue weighted by molar-refractivity contribution is 5.66. The van der Waals surface area contributed by atoms with Crippen molar-refractivity contribution >= 4 is 5.97 Å². The van der Waals surface area contributed by atoms with Gasteiger partial charge in [-0.25, -0.2) is 0 Å². The molecule has 100 valence electrons. The molecule has 1 aliphatic rings. The third-order valence-corrected chi connectivity index (χ3v) is 3.67. The number of ether oxygens (including phenoxy) is 1. The van der Waals surface area contributed by atoms with E-state index in [0.29, 0.717) is 12.3 Å². The zero-order valence-electron chi connectivity index (χ0n) is 11.0. The zero-order chi connectivity index (χ0) is 12.7. The summed E-state index contributed by atoms with van der Waals surface area (Å²) in [5, 5.41) is 8.82. The number of nitrogens with zero attached hydrogens (tertiary/aromatic N) is 1. The lowest BCUT2D eigenvalue weighted by atomic mass is 9.84. The molecule has 0 bridgehead atoms. The minimum absolute atomic E-state index is 0.290. The predicted molar refractivity (Wildman–Crippen MR) is 67.1 cm³/mol. The SMILES string of the molecule is COCCCN1CCCC(C(C)CC(=O)O)C1. The normalized spacial score (nSPS) is 23.5. The van der Waals surface area contributed by atoms with E-state index in [0.717, 1.165) is 32.7 Å². The molecule has 1 rings (SSSR count). The van der Waals surface area contributed by atoms with Crippen molar-refractivity contribution in [3.63, 3.8) is 0 Å². The summed E-state index contributed by atoms with van der Waals surface area (Å²) in [6, 6.07) is 0. The summed E-state index contributed by atoms with van der Waals surface area (Å²) >= 11 is 0. The number of likely N-dealkylation sites (tertiary alicyclic amines) is 1. The molecular weight excluding hydrogens is 218 g/mol. The molecule has 0 saturated carbocycles. The van der Waals surface area contributed by atoms with Crippen LogP contribution in [-0.4, -0.2) is 49.3 Å². The minimum atomic E-state index is -0.672. The van der Waals surface area contributed by atoms with Gasteiger partial charge in [0.05, 0.1) is 0 Å². The minimum Gasteiger partial charge on any atom is -0.481 e. The van der Waals surface area contributed by atoms with Crippen molar-refractivity contribution in [2.24, 2.45) is 11.8 Å². The van der Waals surface area contributed by atoms with Crippen LogP contribution in [0.5, 0.6) is 0 Å². The van der Waals surface area contributed by atoms with Crippen LogP contribution in [0.4, 0.5) is 0 Å². The van der Waals surface area contributed by atoms with Crippen molar-refractivity contribution in [1.29, 1.82) is 0 Å². The van der Waals surface area contributed by atoms with Crippen LogP contribution in [0.3, 0.4) is 0 Å². The van der Waals surface area contributed by atoms with E-state index in [1.165, 1.54) is 12.8 Å². The fourth-order valence-corrected chi connectivity index (χ4v) is 2.63. The number of aliphatic carboxylic acids is 1. The lowest BCUT2D eigenvalue weighted by Gasteiger charge is -2.35. The largest absolute Gasteiger partial charge is 0.481 e. The molecule has 1 heterocycles. The molecule has 1 N–H and O–H groups in total. The Labute approximate surface area is 104 Å². The Hall–Kier alpha value is -0.610. The van der Waals surface area contributed by atoms with Crippen molar-refractivity contribution < 1.29 is 14.6 Å². The highest BCUT2D eigenvalue weighted by atomic mass is 16.5. The van der Waals surface area contributed by atoms with E-state index in [1.54, 1.807) is 7.11 Å². The van der Waals surface area contributed by atoms with E-state index in [-0.39, 0.29) is 5.92 Å². The second kappa shape index (κ2) is 7.67. The molecule has 1 saturated heterocycles. The maximum atomic E-state index is 10.7. The van der Waals surface area contributed by atoms with Crippen molar-refractivity contribution in [3.05, 3.63) is 0 Å².